The normalized spacial score (nSPS) is 21.9. The first-order valence-electron chi connectivity index (χ1n) is 8.38. The molecule has 0 amide bonds. The maximum absolute atomic E-state index is 3.54. The second kappa shape index (κ2) is 6.93. The molecule has 0 radical (unpaired) electrons. The Kier molecular flexibility index (Phi) is 5.45. The van der Waals surface area contributed by atoms with Crippen LogP contribution in [0.4, 0.5) is 0 Å². The van der Waals surface area contributed by atoms with Crippen molar-refractivity contribution in [1.29, 1.82) is 0 Å². The highest BCUT2D eigenvalue weighted by Crippen LogP contribution is 2.35. The summed E-state index contributed by atoms with van der Waals surface area (Å²) in [5, 5.41) is 3.54. The summed E-state index contributed by atoms with van der Waals surface area (Å²) < 4.78 is 0. The van der Waals surface area contributed by atoms with Gasteiger partial charge in [-0.25, -0.2) is 0 Å². The Balaban J connectivity index is 2.03. The molecule has 1 aliphatic rings. The molecule has 0 spiro atoms. The number of rotatable bonds is 6. The minimum Gasteiger partial charge on any atom is -0.313 e. The second-order valence-corrected chi connectivity index (χ2v) is 7.65. The molecule has 2 nitrogen and oxygen atoms in total. The number of nitrogens with zero attached hydrogens (tertiary/aromatic N) is 1. The third-order valence-corrected chi connectivity index (χ3v) is 5.09. The summed E-state index contributed by atoms with van der Waals surface area (Å²) in [4.78, 5) is 2.66. The van der Waals surface area contributed by atoms with Crippen LogP contribution in [0.3, 0.4) is 0 Å². The van der Waals surface area contributed by atoms with Crippen LogP contribution in [0, 0.1) is 17.3 Å². The molecule has 1 aromatic carbocycles. The number of hydrogen-bond donors (Lipinski definition) is 1. The van der Waals surface area contributed by atoms with Crippen LogP contribution in [0.2, 0.25) is 0 Å². The van der Waals surface area contributed by atoms with Crippen molar-refractivity contribution >= 4 is 0 Å². The lowest BCUT2D eigenvalue weighted by Gasteiger charge is -2.38. The van der Waals surface area contributed by atoms with Gasteiger partial charge in [0.25, 0.3) is 0 Å². The van der Waals surface area contributed by atoms with Gasteiger partial charge in [0.2, 0.25) is 0 Å². The van der Waals surface area contributed by atoms with E-state index in [1.165, 1.54) is 25.1 Å². The Morgan fingerprint density at radius 2 is 1.90 bits per heavy atom. The zero-order chi connectivity index (χ0) is 15.5. The third kappa shape index (κ3) is 4.08. The first-order valence-corrected chi connectivity index (χ1v) is 8.38. The van der Waals surface area contributed by atoms with Crippen molar-refractivity contribution in [3.8, 4) is 0 Å². The van der Waals surface area contributed by atoms with E-state index in [4.69, 9.17) is 0 Å². The molecule has 2 rings (SSSR count). The van der Waals surface area contributed by atoms with Gasteiger partial charge in [-0.1, -0.05) is 58.0 Å². The van der Waals surface area contributed by atoms with Crippen molar-refractivity contribution < 1.29 is 0 Å². The van der Waals surface area contributed by atoms with Crippen molar-refractivity contribution in [3.05, 3.63) is 35.9 Å². The lowest BCUT2D eigenvalue weighted by molar-refractivity contribution is 0.154. The van der Waals surface area contributed by atoms with Crippen LogP contribution < -0.4 is 5.32 Å². The summed E-state index contributed by atoms with van der Waals surface area (Å²) in [5.74, 6) is 1.69. The quantitative estimate of drug-likeness (QED) is 0.852. The van der Waals surface area contributed by atoms with Gasteiger partial charge >= 0.3 is 0 Å². The van der Waals surface area contributed by atoms with Gasteiger partial charge in [0.05, 0.1) is 0 Å². The predicted molar refractivity (Wildman–Crippen MR) is 91.4 cm³/mol. The lowest BCUT2D eigenvalue weighted by Crippen LogP contribution is -2.41. The van der Waals surface area contributed by atoms with E-state index in [9.17, 15) is 0 Å². The largest absolute Gasteiger partial charge is 0.313 e. The van der Waals surface area contributed by atoms with Crippen molar-refractivity contribution in [2.75, 3.05) is 26.7 Å². The van der Waals surface area contributed by atoms with Crippen LogP contribution in [0.15, 0.2) is 30.3 Å². The number of benzene rings is 1. The van der Waals surface area contributed by atoms with Crippen LogP contribution in [-0.2, 0) is 0 Å². The lowest BCUT2D eigenvalue weighted by atomic mass is 9.80. The number of nitrogens with one attached hydrogen (secondary N) is 1. The number of hydrogen-bond acceptors (Lipinski definition) is 2. The van der Waals surface area contributed by atoms with Crippen LogP contribution >= 0.6 is 0 Å². The summed E-state index contributed by atoms with van der Waals surface area (Å²) in [7, 11) is 2.08. The van der Waals surface area contributed by atoms with Gasteiger partial charge in [-0.2, -0.15) is 0 Å². The van der Waals surface area contributed by atoms with E-state index in [2.05, 4.69) is 75.3 Å². The molecule has 1 aliphatic heterocycles. The number of likely N-dealkylation sites (tertiary alicyclic amines) is 1. The highest BCUT2D eigenvalue weighted by Gasteiger charge is 2.34. The molecular formula is C19H32N2. The molecule has 118 valence electrons. The molecule has 1 aromatic rings. The highest BCUT2D eigenvalue weighted by molar-refractivity contribution is 5.21. The summed E-state index contributed by atoms with van der Waals surface area (Å²) >= 11 is 0. The molecule has 1 N–H and O–H groups in total. The van der Waals surface area contributed by atoms with Crippen LogP contribution in [0.5, 0.6) is 0 Å². The summed E-state index contributed by atoms with van der Waals surface area (Å²) in [6.07, 6.45) is 1.36. The van der Waals surface area contributed by atoms with Crippen molar-refractivity contribution in [2.24, 2.45) is 17.3 Å². The maximum atomic E-state index is 3.54. The smallest absolute Gasteiger partial charge is 0.0381 e. The average Bonchev–Trinajstić information content (AvgIpc) is 2.88. The van der Waals surface area contributed by atoms with E-state index in [1.54, 1.807) is 0 Å². The van der Waals surface area contributed by atoms with Crippen molar-refractivity contribution in [2.45, 2.75) is 40.2 Å². The molecule has 0 bridgehead atoms. The molecule has 2 unspecified atom stereocenters. The molecule has 1 saturated heterocycles. The van der Waals surface area contributed by atoms with Gasteiger partial charge in [0.15, 0.2) is 0 Å². The van der Waals surface area contributed by atoms with Gasteiger partial charge < -0.3 is 10.2 Å². The van der Waals surface area contributed by atoms with Crippen LogP contribution in [0.1, 0.15) is 45.7 Å². The zero-order valence-electron chi connectivity index (χ0n) is 14.4. The Morgan fingerprint density at radius 1 is 1.24 bits per heavy atom. The van der Waals surface area contributed by atoms with Gasteiger partial charge in [-0.05, 0) is 42.8 Å². The van der Waals surface area contributed by atoms with Gasteiger partial charge in [0.1, 0.15) is 0 Å². The summed E-state index contributed by atoms with van der Waals surface area (Å²) in [5.41, 5.74) is 1.62. The fourth-order valence-electron chi connectivity index (χ4n) is 3.87. The monoisotopic (exact) mass is 288 g/mol. The SMILES string of the molecule is CNC(c1ccccc1)C(C)(C)CN1CCC(C(C)C)C1. The predicted octanol–water partition coefficient (Wildman–Crippen LogP) is 3.95. The molecule has 0 aliphatic carbocycles. The van der Waals surface area contributed by atoms with E-state index >= 15 is 0 Å². The summed E-state index contributed by atoms with van der Waals surface area (Å²) in [6.45, 7) is 13.2. The van der Waals surface area contributed by atoms with Gasteiger partial charge in [0, 0.05) is 19.1 Å². The molecule has 2 heteroatoms. The van der Waals surface area contributed by atoms with E-state index < -0.39 is 0 Å². The van der Waals surface area contributed by atoms with E-state index in [1.807, 2.05) is 0 Å². The first kappa shape index (κ1) is 16.5. The van der Waals surface area contributed by atoms with Crippen molar-refractivity contribution in [1.82, 2.24) is 10.2 Å². The standard InChI is InChI=1S/C19H32N2/c1-15(2)17-11-12-21(13-17)14-19(3,4)18(20-5)16-9-7-6-8-10-16/h6-10,15,17-18,20H,11-14H2,1-5H3. The minimum atomic E-state index is 0.224. The minimum absolute atomic E-state index is 0.224. The zero-order valence-corrected chi connectivity index (χ0v) is 14.4. The second-order valence-electron chi connectivity index (χ2n) is 7.65. The molecule has 0 aromatic heterocycles. The molecule has 1 fully saturated rings. The van der Waals surface area contributed by atoms with Crippen molar-refractivity contribution in [3.63, 3.8) is 0 Å². The van der Waals surface area contributed by atoms with Crippen LogP contribution in [0.25, 0.3) is 0 Å². The highest BCUT2D eigenvalue weighted by atomic mass is 15.2. The fraction of sp³-hybridized carbons (Fsp3) is 0.684. The Bertz CT molecular complexity index is 424. The van der Waals surface area contributed by atoms with E-state index in [0.29, 0.717) is 6.04 Å². The molecule has 21 heavy (non-hydrogen) atoms. The Labute approximate surface area is 130 Å². The van der Waals surface area contributed by atoms with Gasteiger partial charge in [-0.3, -0.25) is 0 Å². The Morgan fingerprint density at radius 3 is 2.43 bits per heavy atom. The summed E-state index contributed by atoms with van der Waals surface area (Å²) in [6, 6.07) is 11.3. The average molecular weight is 288 g/mol. The topological polar surface area (TPSA) is 15.3 Å². The van der Waals surface area contributed by atoms with Gasteiger partial charge in [-0.15, -0.1) is 0 Å². The van der Waals surface area contributed by atoms with E-state index in [0.717, 1.165) is 18.4 Å². The fourth-order valence-corrected chi connectivity index (χ4v) is 3.87. The Hall–Kier alpha value is -0.860. The third-order valence-electron chi connectivity index (χ3n) is 5.09. The molecular weight excluding hydrogens is 256 g/mol. The van der Waals surface area contributed by atoms with E-state index in [-0.39, 0.29) is 5.41 Å². The van der Waals surface area contributed by atoms with Crippen LogP contribution in [-0.4, -0.2) is 31.6 Å². The first-order chi connectivity index (χ1) is 9.94. The maximum Gasteiger partial charge on any atom is 0.0381 e. The molecule has 1 heterocycles. The molecule has 0 saturated carbocycles. The molecule has 2 atom stereocenters.